The Morgan fingerprint density at radius 3 is 2.29 bits per heavy atom. The Morgan fingerprint density at radius 2 is 1.76 bits per heavy atom. The van der Waals surface area contributed by atoms with E-state index in [1.165, 1.54) is 12.0 Å². The summed E-state index contributed by atoms with van der Waals surface area (Å²) in [5.41, 5.74) is 2.43. The Labute approximate surface area is 131 Å². The third kappa shape index (κ3) is 6.04. The van der Waals surface area contributed by atoms with Crippen molar-refractivity contribution in [3.05, 3.63) is 23.4 Å². The summed E-state index contributed by atoms with van der Waals surface area (Å²) in [7, 11) is 2.14. The van der Waals surface area contributed by atoms with Gasteiger partial charge in [0.1, 0.15) is 5.82 Å². The van der Waals surface area contributed by atoms with Crippen LogP contribution in [0, 0.1) is 18.8 Å². The maximum atomic E-state index is 4.79. The number of nitrogens with one attached hydrogen (secondary N) is 1. The summed E-state index contributed by atoms with van der Waals surface area (Å²) >= 11 is 0. The van der Waals surface area contributed by atoms with Crippen molar-refractivity contribution in [1.29, 1.82) is 0 Å². The van der Waals surface area contributed by atoms with Crippen LogP contribution in [-0.4, -0.2) is 24.6 Å². The Balaban J connectivity index is 2.68. The average molecular weight is 291 g/mol. The molecule has 0 fully saturated rings. The van der Waals surface area contributed by atoms with E-state index in [4.69, 9.17) is 4.98 Å². The van der Waals surface area contributed by atoms with Gasteiger partial charge in [-0.05, 0) is 50.3 Å². The maximum Gasteiger partial charge on any atom is 0.128 e. The largest absolute Gasteiger partial charge is 0.357 e. The zero-order valence-electron chi connectivity index (χ0n) is 14.9. The number of aromatic nitrogens is 1. The summed E-state index contributed by atoms with van der Waals surface area (Å²) in [5.74, 6) is 2.47. The fourth-order valence-electron chi connectivity index (χ4n) is 2.52. The molecule has 1 heterocycles. The van der Waals surface area contributed by atoms with Crippen LogP contribution in [0.4, 0.5) is 5.82 Å². The lowest BCUT2D eigenvalue weighted by Gasteiger charge is -2.28. The Hall–Kier alpha value is -1.09. The number of pyridine rings is 1. The minimum atomic E-state index is 0.516. The van der Waals surface area contributed by atoms with Gasteiger partial charge in [-0.3, -0.25) is 0 Å². The zero-order chi connectivity index (χ0) is 16.0. The van der Waals surface area contributed by atoms with E-state index in [-0.39, 0.29) is 0 Å². The Kier molecular flexibility index (Phi) is 7.16. The fraction of sp³-hybridized carbons (Fsp3) is 0.722. The first-order chi connectivity index (χ1) is 9.81. The molecular weight excluding hydrogens is 258 g/mol. The normalized spacial score (nSPS) is 13.0. The quantitative estimate of drug-likeness (QED) is 0.784. The molecule has 0 bridgehead atoms. The smallest absolute Gasteiger partial charge is 0.128 e. The molecule has 3 heteroatoms. The van der Waals surface area contributed by atoms with Gasteiger partial charge in [0.25, 0.3) is 0 Å². The van der Waals surface area contributed by atoms with Gasteiger partial charge >= 0.3 is 0 Å². The van der Waals surface area contributed by atoms with Gasteiger partial charge in [0.2, 0.25) is 0 Å². The lowest BCUT2D eigenvalue weighted by atomic mass is 10.0. The van der Waals surface area contributed by atoms with Crippen LogP contribution in [0.15, 0.2) is 12.1 Å². The molecule has 3 nitrogen and oxygen atoms in total. The van der Waals surface area contributed by atoms with E-state index in [9.17, 15) is 0 Å². The van der Waals surface area contributed by atoms with E-state index in [0.29, 0.717) is 17.9 Å². The summed E-state index contributed by atoms with van der Waals surface area (Å²) < 4.78 is 0. The molecule has 21 heavy (non-hydrogen) atoms. The molecule has 1 unspecified atom stereocenters. The van der Waals surface area contributed by atoms with Crippen LogP contribution >= 0.6 is 0 Å². The molecule has 0 aliphatic rings. The molecule has 0 radical (unpaired) electrons. The van der Waals surface area contributed by atoms with Crippen molar-refractivity contribution in [3.8, 4) is 0 Å². The molecular formula is C18H33N3. The topological polar surface area (TPSA) is 28.2 Å². The first kappa shape index (κ1) is 18.0. The van der Waals surface area contributed by atoms with E-state index >= 15 is 0 Å². The van der Waals surface area contributed by atoms with Gasteiger partial charge in [-0.25, -0.2) is 4.98 Å². The molecule has 0 aliphatic heterocycles. The third-order valence-corrected chi connectivity index (χ3v) is 3.88. The number of anilines is 1. The van der Waals surface area contributed by atoms with Crippen LogP contribution in [0.2, 0.25) is 0 Å². The van der Waals surface area contributed by atoms with Crippen molar-refractivity contribution in [2.45, 2.75) is 60.5 Å². The number of hydrogen-bond acceptors (Lipinski definition) is 3. The third-order valence-electron chi connectivity index (χ3n) is 3.88. The van der Waals surface area contributed by atoms with Crippen LogP contribution in [0.3, 0.4) is 0 Å². The highest BCUT2D eigenvalue weighted by molar-refractivity contribution is 5.41. The summed E-state index contributed by atoms with van der Waals surface area (Å²) in [5, 5.41) is 3.49. The molecule has 1 aromatic heterocycles. The van der Waals surface area contributed by atoms with Crippen molar-refractivity contribution in [2.75, 3.05) is 18.5 Å². The molecule has 0 saturated heterocycles. The molecule has 0 amide bonds. The van der Waals surface area contributed by atoms with E-state index in [2.05, 4.69) is 70.9 Å². The second-order valence-electron chi connectivity index (χ2n) is 7.03. The monoisotopic (exact) mass is 291 g/mol. The van der Waals surface area contributed by atoms with Gasteiger partial charge in [0.15, 0.2) is 0 Å². The van der Waals surface area contributed by atoms with Gasteiger partial charge in [-0.1, -0.05) is 33.8 Å². The minimum absolute atomic E-state index is 0.516. The summed E-state index contributed by atoms with van der Waals surface area (Å²) in [6, 6.07) is 4.88. The van der Waals surface area contributed by atoms with Gasteiger partial charge in [-0.2, -0.15) is 0 Å². The molecule has 1 atom stereocenters. The average Bonchev–Trinajstić information content (AvgIpc) is 2.38. The van der Waals surface area contributed by atoms with Crippen molar-refractivity contribution >= 4 is 5.82 Å². The SMILES string of the molecule is Cc1nc(N(C)C(C)CC(C)C)ccc1CNCC(C)C. The molecule has 1 rings (SSSR count). The number of aryl methyl sites for hydroxylation is 1. The fourth-order valence-corrected chi connectivity index (χ4v) is 2.52. The zero-order valence-corrected chi connectivity index (χ0v) is 14.9. The van der Waals surface area contributed by atoms with E-state index < -0.39 is 0 Å². The summed E-state index contributed by atoms with van der Waals surface area (Å²) in [6.07, 6.45) is 1.19. The van der Waals surface area contributed by atoms with Crippen molar-refractivity contribution in [1.82, 2.24) is 10.3 Å². The van der Waals surface area contributed by atoms with Crippen molar-refractivity contribution in [2.24, 2.45) is 11.8 Å². The van der Waals surface area contributed by atoms with E-state index in [0.717, 1.165) is 24.6 Å². The van der Waals surface area contributed by atoms with Crippen LogP contribution in [0.5, 0.6) is 0 Å². The predicted octanol–water partition coefficient (Wildman–Crippen LogP) is 4.01. The minimum Gasteiger partial charge on any atom is -0.357 e. The number of nitrogens with zero attached hydrogens (tertiary/aromatic N) is 2. The molecule has 0 aromatic carbocycles. The van der Waals surface area contributed by atoms with E-state index in [1.54, 1.807) is 0 Å². The molecule has 0 aliphatic carbocycles. The highest BCUT2D eigenvalue weighted by Gasteiger charge is 2.13. The molecule has 1 N–H and O–H groups in total. The first-order valence-corrected chi connectivity index (χ1v) is 8.21. The molecule has 0 saturated carbocycles. The summed E-state index contributed by atoms with van der Waals surface area (Å²) in [4.78, 5) is 7.08. The van der Waals surface area contributed by atoms with E-state index in [1.807, 2.05) is 0 Å². The Bertz CT molecular complexity index is 426. The van der Waals surface area contributed by atoms with Crippen LogP contribution in [0.25, 0.3) is 0 Å². The van der Waals surface area contributed by atoms with Crippen LogP contribution in [-0.2, 0) is 6.54 Å². The number of rotatable bonds is 8. The van der Waals surface area contributed by atoms with Crippen molar-refractivity contribution < 1.29 is 0 Å². The van der Waals surface area contributed by atoms with Crippen LogP contribution < -0.4 is 10.2 Å². The summed E-state index contributed by atoms with van der Waals surface area (Å²) in [6.45, 7) is 15.3. The molecule has 120 valence electrons. The van der Waals surface area contributed by atoms with Crippen molar-refractivity contribution in [3.63, 3.8) is 0 Å². The van der Waals surface area contributed by atoms with Crippen LogP contribution in [0.1, 0.15) is 52.3 Å². The van der Waals surface area contributed by atoms with Gasteiger partial charge in [0, 0.05) is 25.3 Å². The highest BCUT2D eigenvalue weighted by atomic mass is 15.2. The lowest BCUT2D eigenvalue weighted by Crippen LogP contribution is -2.31. The standard InChI is InChI=1S/C18H33N3/c1-13(2)10-15(5)21(7)18-9-8-17(16(6)20-18)12-19-11-14(3)4/h8-9,13-15,19H,10-12H2,1-7H3. The number of hydrogen-bond donors (Lipinski definition) is 1. The second-order valence-corrected chi connectivity index (χ2v) is 7.03. The van der Waals surface area contributed by atoms with Gasteiger partial charge in [-0.15, -0.1) is 0 Å². The lowest BCUT2D eigenvalue weighted by molar-refractivity contribution is 0.501. The van der Waals surface area contributed by atoms with Gasteiger partial charge < -0.3 is 10.2 Å². The maximum absolute atomic E-state index is 4.79. The first-order valence-electron chi connectivity index (χ1n) is 8.21. The Morgan fingerprint density at radius 1 is 1.10 bits per heavy atom. The predicted molar refractivity (Wildman–Crippen MR) is 92.8 cm³/mol. The second kappa shape index (κ2) is 8.38. The highest BCUT2D eigenvalue weighted by Crippen LogP contribution is 2.19. The van der Waals surface area contributed by atoms with Gasteiger partial charge in [0.05, 0.1) is 0 Å². The molecule has 0 spiro atoms. The molecule has 1 aromatic rings.